The van der Waals surface area contributed by atoms with Crippen LogP contribution in [0.3, 0.4) is 0 Å². The first-order chi connectivity index (χ1) is 13.6. The molecule has 5 aliphatic rings. The minimum absolute atomic E-state index is 0.0577. The Morgan fingerprint density at radius 2 is 2.00 bits per heavy atom. The van der Waals surface area contributed by atoms with Gasteiger partial charge < -0.3 is 5.11 Å². The van der Waals surface area contributed by atoms with Gasteiger partial charge in [-0.2, -0.15) is 0 Å². The molecular weight excluding hydrogens is 365 g/mol. The van der Waals surface area contributed by atoms with Gasteiger partial charge in [-0.05, 0) is 86.0 Å². The molecule has 1 N–H and O–H groups in total. The molecule has 29 heavy (non-hydrogen) atoms. The van der Waals surface area contributed by atoms with E-state index in [1.807, 2.05) is 6.08 Å². The van der Waals surface area contributed by atoms with Crippen LogP contribution < -0.4 is 0 Å². The zero-order valence-corrected chi connectivity index (χ0v) is 17.5. The van der Waals surface area contributed by atoms with Crippen molar-refractivity contribution < 1.29 is 14.3 Å². The summed E-state index contributed by atoms with van der Waals surface area (Å²) in [6, 6.07) is 9.29. The van der Waals surface area contributed by atoms with Gasteiger partial charge in [0.1, 0.15) is 5.67 Å². The lowest BCUT2D eigenvalue weighted by Crippen LogP contribution is -2.71. The number of carboxylic acids is 1. The summed E-state index contributed by atoms with van der Waals surface area (Å²) in [6.07, 6.45) is 8.26. The van der Waals surface area contributed by atoms with Crippen LogP contribution in [-0.2, 0) is 11.2 Å². The lowest BCUT2D eigenvalue weighted by atomic mass is 9.32. The van der Waals surface area contributed by atoms with E-state index in [0.29, 0.717) is 12.6 Å². The smallest absolute Gasteiger partial charge is 0.327 e. The van der Waals surface area contributed by atoms with E-state index in [9.17, 15) is 9.18 Å². The van der Waals surface area contributed by atoms with Crippen LogP contribution in [0, 0.1) is 10.8 Å². The number of allylic oxidation sites excluding steroid dienone is 1. The third kappa shape index (κ3) is 2.91. The highest BCUT2D eigenvalue weighted by molar-refractivity contribution is 5.80. The van der Waals surface area contributed by atoms with Gasteiger partial charge in [-0.3, -0.25) is 4.90 Å². The summed E-state index contributed by atoms with van der Waals surface area (Å²) in [5.41, 5.74) is 4.79. The number of aliphatic carboxylic acids is 1. The summed E-state index contributed by atoms with van der Waals surface area (Å²) in [4.78, 5) is 13.4. The fourth-order valence-electron chi connectivity index (χ4n) is 6.89. The van der Waals surface area contributed by atoms with Gasteiger partial charge in [0, 0.05) is 24.7 Å². The number of rotatable bonds is 5. The highest BCUT2D eigenvalue weighted by Gasteiger charge is 2.71. The van der Waals surface area contributed by atoms with Crippen LogP contribution >= 0.6 is 0 Å². The van der Waals surface area contributed by atoms with Crippen molar-refractivity contribution in [3.63, 3.8) is 0 Å². The maximum absolute atomic E-state index is 14.8. The molecule has 1 aromatic carbocycles. The van der Waals surface area contributed by atoms with Crippen LogP contribution in [0.2, 0.25) is 0 Å². The van der Waals surface area contributed by atoms with Crippen molar-refractivity contribution in [2.24, 2.45) is 10.8 Å². The standard InChI is InChI=1S/C25H30FNO2/c1-16-10-19-18-7-5-4-6-17(18)11-20(19)22(27(16)15-23(2,3)26)25-12-24(13-25,14-25)9-8-21(28)29/h4-9,16,22H,10-15H2,1-3H3,(H,28,29)/b9-8+/t16-,22+,24?,25?/m1/s1. The molecule has 1 aliphatic heterocycles. The molecule has 0 unspecified atom stereocenters. The first-order valence-electron chi connectivity index (χ1n) is 10.8. The molecule has 0 spiro atoms. The number of carbonyl (C=O) groups is 1. The number of hydrogen-bond donors (Lipinski definition) is 1. The minimum Gasteiger partial charge on any atom is -0.478 e. The Balaban J connectivity index is 1.50. The molecule has 0 aromatic heterocycles. The Hall–Kier alpha value is -1.94. The van der Waals surface area contributed by atoms with E-state index in [4.69, 9.17) is 5.11 Å². The maximum Gasteiger partial charge on any atom is 0.327 e. The zero-order valence-electron chi connectivity index (χ0n) is 17.5. The predicted molar refractivity (Wildman–Crippen MR) is 112 cm³/mol. The summed E-state index contributed by atoms with van der Waals surface area (Å²) in [7, 11) is 0. The molecule has 2 bridgehead atoms. The zero-order chi connectivity index (χ0) is 20.6. The van der Waals surface area contributed by atoms with Gasteiger partial charge in [0.25, 0.3) is 0 Å². The SMILES string of the molecule is C[C@@H]1CC2=C(Cc3ccccc32)[C@@H](C23CC(/C=C/C(=O)O)(C2)C3)N1CC(C)(C)F. The van der Waals surface area contributed by atoms with E-state index >= 15 is 0 Å². The quantitative estimate of drug-likeness (QED) is 0.712. The second-order valence-electron chi connectivity index (χ2n) is 10.6. The van der Waals surface area contributed by atoms with Gasteiger partial charge in [-0.25, -0.2) is 9.18 Å². The van der Waals surface area contributed by atoms with E-state index in [2.05, 4.69) is 36.1 Å². The van der Waals surface area contributed by atoms with Crippen LogP contribution in [0.4, 0.5) is 4.39 Å². The Kier molecular flexibility index (Phi) is 3.97. The number of nitrogens with zero attached hydrogens (tertiary/aromatic N) is 1. The number of benzene rings is 1. The van der Waals surface area contributed by atoms with Crippen molar-refractivity contribution in [2.75, 3.05) is 6.54 Å². The molecule has 3 nitrogen and oxygen atoms in total. The first-order valence-corrected chi connectivity index (χ1v) is 10.8. The summed E-state index contributed by atoms with van der Waals surface area (Å²) in [5.74, 6) is -0.868. The summed E-state index contributed by atoms with van der Waals surface area (Å²) < 4.78 is 14.8. The van der Waals surface area contributed by atoms with E-state index in [0.717, 1.165) is 32.1 Å². The van der Waals surface area contributed by atoms with Crippen molar-refractivity contribution in [2.45, 2.75) is 70.6 Å². The van der Waals surface area contributed by atoms with Crippen LogP contribution in [-0.4, -0.2) is 40.3 Å². The average molecular weight is 396 g/mol. The summed E-state index contributed by atoms with van der Waals surface area (Å²) >= 11 is 0. The topological polar surface area (TPSA) is 40.5 Å². The van der Waals surface area contributed by atoms with E-state index in [1.165, 1.54) is 28.3 Å². The Labute approximate surface area is 172 Å². The van der Waals surface area contributed by atoms with E-state index in [-0.39, 0.29) is 16.9 Å². The molecular formula is C25H30FNO2. The molecule has 4 heteroatoms. The fraction of sp³-hybridized carbons (Fsp3) is 0.560. The molecule has 6 rings (SSSR count). The van der Waals surface area contributed by atoms with Crippen LogP contribution in [0.5, 0.6) is 0 Å². The van der Waals surface area contributed by atoms with E-state index in [1.54, 1.807) is 13.8 Å². The highest BCUT2D eigenvalue weighted by Crippen LogP contribution is 2.77. The highest BCUT2D eigenvalue weighted by atomic mass is 19.1. The van der Waals surface area contributed by atoms with Crippen molar-refractivity contribution in [3.05, 3.63) is 53.1 Å². The largest absolute Gasteiger partial charge is 0.478 e. The number of hydrogen-bond acceptors (Lipinski definition) is 2. The normalized spacial score (nSPS) is 35.9. The van der Waals surface area contributed by atoms with Gasteiger partial charge in [0.2, 0.25) is 0 Å². The third-order valence-electron chi connectivity index (χ3n) is 7.67. The van der Waals surface area contributed by atoms with Crippen molar-refractivity contribution in [1.29, 1.82) is 0 Å². The first kappa shape index (κ1) is 19.0. The van der Waals surface area contributed by atoms with Gasteiger partial charge in [0.05, 0.1) is 0 Å². The maximum atomic E-state index is 14.8. The number of alkyl halides is 1. The molecule has 0 radical (unpaired) electrons. The number of carboxylic acid groups (broad SMARTS) is 1. The van der Waals surface area contributed by atoms with Crippen LogP contribution in [0.15, 0.2) is 42.0 Å². The second kappa shape index (κ2) is 6.04. The number of fused-ring (bicyclic) bond motifs is 2. The van der Waals surface area contributed by atoms with E-state index < -0.39 is 11.6 Å². The lowest BCUT2D eigenvalue weighted by Gasteiger charge is -2.75. The molecule has 2 atom stereocenters. The molecule has 1 heterocycles. The fourth-order valence-corrected chi connectivity index (χ4v) is 6.89. The molecule has 0 saturated heterocycles. The molecule has 0 amide bonds. The number of halogens is 1. The monoisotopic (exact) mass is 395 g/mol. The molecule has 1 aromatic rings. The minimum atomic E-state index is -1.24. The Morgan fingerprint density at radius 1 is 1.31 bits per heavy atom. The van der Waals surface area contributed by atoms with Gasteiger partial charge >= 0.3 is 5.97 Å². The van der Waals surface area contributed by atoms with Crippen LogP contribution in [0.1, 0.15) is 57.6 Å². The molecule has 3 saturated carbocycles. The Morgan fingerprint density at radius 3 is 2.66 bits per heavy atom. The van der Waals surface area contributed by atoms with Crippen molar-refractivity contribution >= 4 is 11.5 Å². The molecule has 4 aliphatic carbocycles. The third-order valence-corrected chi connectivity index (χ3v) is 7.67. The van der Waals surface area contributed by atoms with Gasteiger partial charge in [0.15, 0.2) is 0 Å². The second-order valence-corrected chi connectivity index (χ2v) is 10.6. The summed E-state index contributed by atoms with van der Waals surface area (Å²) in [6.45, 7) is 6.06. The van der Waals surface area contributed by atoms with Crippen molar-refractivity contribution in [3.8, 4) is 0 Å². The summed E-state index contributed by atoms with van der Waals surface area (Å²) in [5, 5.41) is 9.01. The molecule has 3 fully saturated rings. The predicted octanol–water partition coefficient (Wildman–Crippen LogP) is 5.02. The van der Waals surface area contributed by atoms with Crippen LogP contribution in [0.25, 0.3) is 5.57 Å². The average Bonchev–Trinajstić information content (AvgIpc) is 2.91. The van der Waals surface area contributed by atoms with Gasteiger partial charge in [-0.1, -0.05) is 30.3 Å². The lowest BCUT2D eigenvalue weighted by molar-refractivity contribution is -0.211. The Bertz CT molecular complexity index is 919. The van der Waals surface area contributed by atoms with Gasteiger partial charge in [-0.15, -0.1) is 0 Å². The van der Waals surface area contributed by atoms with Crippen molar-refractivity contribution in [1.82, 2.24) is 4.90 Å². The molecule has 154 valence electrons.